The van der Waals surface area contributed by atoms with E-state index in [1.807, 2.05) is 54.4 Å². The summed E-state index contributed by atoms with van der Waals surface area (Å²) in [5.74, 6) is 0.705. The Morgan fingerprint density at radius 3 is 2.54 bits per heavy atom. The molecule has 2 saturated carbocycles. The van der Waals surface area contributed by atoms with Crippen LogP contribution in [0.15, 0.2) is 54.6 Å². The Morgan fingerprint density at radius 2 is 1.86 bits per heavy atom. The second kappa shape index (κ2) is 9.30. The van der Waals surface area contributed by atoms with Gasteiger partial charge in [0.2, 0.25) is 0 Å². The Labute approximate surface area is 207 Å². The van der Waals surface area contributed by atoms with Crippen LogP contribution in [0.2, 0.25) is 0 Å². The molecule has 2 aromatic rings. The first-order valence-electron chi connectivity index (χ1n) is 12.9. The minimum Gasteiger partial charge on any atom is -0.508 e. The number of likely N-dealkylation sites (tertiary alicyclic amines) is 1. The molecule has 0 aromatic heterocycles. The summed E-state index contributed by atoms with van der Waals surface area (Å²) in [5, 5.41) is 10.4. The van der Waals surface area contributed by atoms with Gasteiger partial charge in [0.05, 0.1) is 0 Å². The standard InChI is InChI=1S/C29H36N2O4/c1-21(32)35-29-14-13-25(30(2)27(34)23-7-4-3-5-8-23)18-28(29,24-9-6-10-26(33)17-24)15-16-31(20-29)19-22-11-12-22/h3-10,17,22,25,33H,11-16,18-20H2,1-2H3/t25-,28?,29?/m0/s1. The molecule has 1 saturated heterocycles. The van der Waals surface area contributed by atoms with E-state index in [0.29, 0.717) is 24.9 Å². The van der Waals surface area contributed by atoms with Crippen LogP contribution in [-0.2, 0) is 14.9 Å². The minimum atomic E-state index is -0.688. The van der Waals surface area contributed by atoms with Gasteiger partial charge in [-0.3, -0.25) is 14.5 Å². The van der Waals surface area contributed by atoms with Gasteiger partial charge in [0, 0.05) is 44.1 Å². The second-order valence-corrected chi connectivity index (χ2v) is 10.8. The van der Waals surface area contributed by atoms with Crippen LogP contribution in [0.5, 0.6) is 5.75 Å². The van der Waals surface area contributed by atoms with E-state index in [4.69, 9.17) is 4.74 Å². The van der Waals surface area contributed by atoms with E-state index >= 15 is 0 Å². The highest BCUT2D eigenvalue weighted by molar-refractivity contribution is 5.94. The Morgan fingerprint density at radius 1 is 1.09 bits per heavy atom. The predicted octanol–water partition coefficient (Wildman–Crippen LogP) is 4.37. The zero-order valence-corrected chi connectivity index (χ0v) is 20.8. The first-order chi connectivity index (χ1) is 16.8. The van der Waals surface area contributed by atoms with Crippen molar-refractivity contribution in [3.8, 4) is 5.75 Å². The summed E-state index contributed by atoms with van der Waals surface area (Å²) in [6.07, 6.45) is 5.52. The lowest BCUT2D eigenvalue weighted by molar-refractivity contribution is -0.188. The normalized spacial score (nSPS) is 28.7. The molecule has 1 aliphatic heterocycles. The number of rotatable bonds is 6. The first-order valence-corrected chi connectivity index (χ1v) is 12.9. The van der Waals surface area contributed by atoms with Crippen molar-refractivity contribution in [1.82, 2.24) is 9.80 Å². The molecule has 6 heteroatoms. The van der Waals surface area contributed by atoms with Crippen molar-refractivity contribution in [1.29, 1.82) is 0 Å². The Bertz CT molecular complexity index is 1090. The Hall–Kier alpha value is -2.86. The number of benzene rings is 2. The van der Waals surface area contributed by atoms with Crippen LogP contribution >= 0.6 is 0 Å². The lowest BCUT2D eigenvalue weighted by Crippen LogP contribution is -2.68. The molecule has 3 fully saturated rings. The molecule has 0 radical (unpaired) electrons. The van der Waals surface area contributed by atoms with Crippen molar-refractivity contribution in [2.75, 3.05) is 26.7 Å². The van der Waals surface area contributed by atoms with Gasteiger partial charge in [0.1, 0.15) is 11.4 Å². The number of carbonyl (C=O) groups is 2. The molecule has 1 heterocycles. The van der Waals surface area contributed by atoms with Crippen LogP contribution in [0.3, 0.4) is 0 Å². The number of carbonyl (C=O) groups excluding carboxylic acids is 2. The van der Waals surface area contributed by atoms with Crippen molar-refractivity contribution in [2.45, 2.75) is 62.5 Å². The predicted molar refractivity (Wildman–Crippen MR) is 134 cm³/mol. The molecule has 186 valence electrons. The van der Waals surface area contributed by atoms with Gasteiger partial charge < -0.3 is 14.7 Å². The van der Waals surface area contributed by atoms with Crippen LogP contribution in [0, 0.1) is 5.92 Å². The van der Waals surface area contributed by atoms with Gasteiger partial charge in [0.25, 0.3) is 5.91 Å². The quantitative estimate of drug-likeness (QED) is 0.627. The summed E-state index contributed by atoms with van der Waals surface area (Å²) < 4.78 is 6.32. The monoisotopic (exact) mass is 476 g/mol. The second-order valence-electron chi connectivity index (χ2n) is 10.8. The molecule has 1 amide bonds. The van der Waals surface area contributed by atoms with E-state index in [9.17, 15) is 14.7 Å². The zero-order chi connectivity index (χ0) is 24.6. The Kier molecular flexibility index (Phi) is 6.34. The summed E-state index contributed by atoms with van der Waals surface area (Å²) in [6.45, 7) is 4.16. The molecule has 2 aromatic carbocycles. The number of hydrogen-bond acceptors (Lipinski definition) is 5. The fraction of sp³-hybridized carbons (Fsp3) is 0.517. The summed E-state index contributed by atoms with van der Waals surface area (Å²) in [5.41, 5.74) is 0.506. The van der Waals surface area contributed by atoms with Gasteiger partial charge in [0.15, 0.2) is 0 Å². The number of piperidine rings is 1. The maximum Gasteiger partial charge on any atom is 0.303 e. The van der Waals surface area contributed by atoms with Gasteiger partial charge in [-0.2, -0.15) is 0 Å². The molecule has 1 N–H and O–H groups in total. The van der Waals surface area contributed by atoms with E-state index in [-0.39, 0.29) is 23.7 Å². The summed E-state index contributed by atoms with van der Waals surface area (Å²) in [7, 11) is 1.89. The van der Waals surface area contributed by atoms with Crippen molar-refractivity contribution in [2.24, 2.45) is 5.92 Å². The molecular formula is C29H36N2O4. The number of phenolic OH excluding ortho intramolecular Hbond substituents is 1. The summed E-state index contributed by atoms with van der Waals surface area (Å²) >= 11 is 0. The minimum absolute atomic E-state index is 0.00344. The number of esters is 1. The summed E-state index contributed by atoms with van der Waals surface area (Å²) in [4.78, 5) is 30.2. The van der Waals surface area contributed by atoms with Gasteiger partial charge in [-0.25, -0.2) is 0 Å². The molecular weight excluding hydrogens is 440 g/mol. The van der Waals surface area contributed by atoms with Crippen LogP contribution in [0.25, 0.3) is 0 Å². The molecule has 0 bridgehead atoms. The number of fused-ring (bicyclic) bond motifs is 1. The van der Waals surface area contributed by atoms with Crippen LogP contribution < -0.4 is 0 Å². The average Bonchev–Trinajstić information content (AvgIpc) is 3.67. The molecule has 5 rings (SSSR count). The first kappa shape index (κ1) is 23.9. The van der Waals surface area contributed by atoms with Crippen molar-refractivity contribution in [3.05, 3.63) is 65.7 Å². The molecule has 2 unspecified atom stereocenters. The summed E-state index contributed by atoms with van der Waals surface area (Å²) in [6, 6.07) is 16.8. The SMILES string of the molecule is CC(=O)OC12CC[C@H](N(C)C(=O)c3ccccc3)CC1(c1cccc(O)c1)CCN(CC1CC1)C2. The van der Waals surface area contributed by atoms with Crippen LogP contribution in [-0.4, -0.2) is 65.1 Å². The molecule has 35 heavy (non-hydrogen) atoms. The number of ether oxygens (including phenoxy) is 1. The highest BCUT2D eigenvalue weighted by atomic mass is 16.6. The van der Waals surface area contributed by atoms with E-state index in [2.05, 4.69) is 11.0 Å². The van der Waals surface area contributed by atoms with Gasteiger partial charge >= 0.3 is 5.97 Å². The third-order valence-corrected chi connectivity index (χ3v) is 8.51. The molecule has 0 spiro atoms. The van der Waals surface area contributed by atoms with Crippen LogP contribution in [0.4, 0.5) is 0 Å². The van der Waals surface area contributed by atoms with E-state index in [1.165, 1.54) is 19.8 Å². The fourth-order valence-corrected chi connectivity index (χ4v) is 6.57. The number of phenols is 1. The topological polar surface area (TPSA) is 70.1 Å². The van der Waals surface area contributed by atoms with E-state index in [1.54, 1.807) is 6.07 Å². The lowest BCUT2D eigenvalue weighted by atomic mass is 9.55. The highest BCUT2D eigenvalue weighted by Crippen LogP contribution is 2.55. The molecule has 3 atom stereocenters. The number of nitrogens with zero attached hydrogens (tertiary/aromatic N) is 2. The van der Waals surface area contributed by atoms with Crippen LogP contribution in [0.1, 0.15) is 61.4 Å². The van der Waals surface area contributed by atoms with Crippen molar-refractivity contribution in [3.63, 3.8) is 0 Å². The number of hydrogen-bond donors (Lipinski definition) is 1. The number of amides is 1. The lowest BCUT2D eigenvalue weighted by Gasteiger charge is -2.60. The van der Waals surface area contributed by atoms with Gasteiger partial charge in [-0.05, 0) is 80.8 Å². The van der Waals surface area contributed by atoms with Gasteiger partial charge in [-0.15, -0.1) is 0 Å². The molecule has 2 aliphatic carbocycles. The van der Waals surface area contributed by atoms with Crippen molar-refractivity contribution >= 4 is 11.9 Å². The number of aromatic hydroxyl groups is 1. The Balaban J connectivity index is 1.52. The van der Waals surface area contributed by atoms with Crippen molar-refractivity contribution < 1.29 is 19.4 Å². The third kappa shape index (κ3) is 4.56. The molecule has 3 aliphatic rings. The largest absolute Gasteiger partial charge is 0.508 e. The average molecular weight is 477 g/mol. The fourth-order valence-electron chi connectivity index (χ4n) is 6.57. The smallest absolute Gasteiger partial charge is 0.303 e. The van der Waals surface area contributed by atoms with Gasteiger partial charge in [-0.1, -0.05) is 30.3 Å². The highest BCUT2D eigenvalue weighted by Gasteiger charge is 2.61. The maximum absolute atomic E-state index is 13.3. The third-order valence-electron chi connectivity index (χ3n) is 8.51. The molecule has 6 nitrogen and oxygen atoms in total. The maximum atomic E-state index is 13.3. The van der Waals surface area contributed by atoms with E-state index in [0.717, 1.165) is 37.4 Å². The van der Waals surface area contributed by atoms with E-state index < -0.39 is 11.0 Å². The zero-order valence-electron chi connectivity index (χ0n) is 20.8.